The van der Waals surface area contributed by atoms with Gasteiger partial charge < -0.3 is 10.0 Å². The van der Waals surface area contributed by atoms with Crippen LogP contribution in [0.5, 0.6) is 0 Å². The molecule has 1 saturated carbocycles. The lowest BCUT2D eigenvalue weighted by atomic mass is 9.63. The van der Waals surface area contributed by atoms with Crippen LogP contribution in [-0.4, -0.2) is 83.3 Å². The molecule has 3 aliphatic rings. The highest BCUT2D eigenvalue weighted by molar-refractivity contribution is 4.97. The van der Waals surface area contributed by atoms with Crippen LogP contribution in [0.2, 0.25) is 0 Å². The van der Waals surface area contributed by atoms with Crippen molar-refractivity contribution in [3.05, 3.63) is 0 Å². The first-order chi connectivity index (χ1) is 13.1. The Bertz CT molecular complexity index is 480. The second-order valence-electron chi connectivity index (χ2n) is 11.8. The van der Waals surface area contributed by atoms with Crippen LogP contribution >= 0.6 is 0 Å². The average molecular weight is 394 g/mol. The third-order valence-electron chi connectivity index (χ3n) is 7.77. The monoisotopic (exact) mass is 393 g/mol. The van der Waals surface area contributed by atoms with Gasteiger partial charge in [0.25, 0.3) is 0 Å². The molecule has 2 saturated heterocycles. The number of hydrogen-bond acceptors (Lipinski definition) is 4. The first-order valence-corrected chi connectivity index (χ1v) is 11.9. The van der Waals surface area contributed by atoms with Crippen molar-refractivity contribution >= 4 is 0 Å². The summed E-state index contributed by atoms with van der Waals surface area (Å²) < 4.78 is 0. The van der Waals surface area contributed by atoms with Gasteiger partial charge in [-0.1, -0.05) is 27.7 Å². The van der Waals surface area contributed by atoms with E-state index < -0.39 is 0 Å². The van der Waals surface area contributed by atoms with Gasteiger partial charge in [-0.2, -0.15) is 0 Å². The van der Waals surface area contributed by atoms with Gasteiger partial charge in [0.1, 0.15) is 0 Å². The summed E-state index contributed by atoms with van der Waals surface area (Å²) in [6.07, 6.45) is 7.52. The highest BCUT2D eigenvalue weighted by Gasteiger charge is 2.43. The molecule has 1 N–H and O–H groups in total. The first-order valence-electron chi connectivity index (χ1n) is 11.9. The quantitative estimate of drug-likeness (QED) is 0.769. The van der Waals surface area contributed by atoms with Crippen molar-refractivity contribution in [2.45, 2.75) is 104 Å². The summed E-state index contributed by atoms with van der Waals surface area (Å²) in [6.45, 7) is 20.8. The van der Waals surface area contributed by atoms with E-state index in [2.05, 4.69) is 56.2 Å². The number of likely N-dealkylation sites (tertiary alicyclic amines) is 1. The molecule has 0 aromatic rings. The zero-order valence-electron chi connectivity index (χ0n) is 19.6. The minimum Gasteiger partial charge on any atom is -0.396 e. The van der Waals surface area contributed by atoms with E-state index in [-0.39, 0.29) is 0 Å². The van der Waals surface area contributed by atoms with Crippen molar-refractivity contribution in [3.8, 4) is 0 Å². The van der Waals surface area contributed by atoms with Crippen LogP contribution < -0.4 is 0 Å². The Morgan fingerprint density at radius 2 is 1.50 bits per heavy atom. The molecule has 0 unspecified atom stereocenters. The lowest BCUT2D eigenvalue weighted by Crippen LogP contribution is -2.61. The fourth-order valence-electron chi connectivity index (χ4n) is 6.89. The van der Waals surface area contributed by atoms with Crippen molar-refractivity contribution in [1.82, 2.24) is 14.7 Å². The van der Waals surface area contributed by atoms with Crippen molar-refractivity contribution in [3.63, 3.8) is 0 Å². The average Bonchev–Trinajstić information content (AvgIpc) is 2.59. The second-order valence-corrected chi connectivity index (χ2v) is 11.8. The molecule has 2 aliphatic heterocycles. The fraction of sp³-hybridized carbons (Fsp3) is 1.00. The number of hydrogen-bond donors (Lipinski definition) is 1. The smallest absolute Gasteiger partial charge is 0.0446 e. The molecule has 3 rings (SSSR count). The molecular weight excluding hydrogens is 346 g/mol. The number of aliphatic hydroxyl groups is 1. The summed E-state index contributed by atoms with van der Waals surface area (Å²) in [5.41, 5.74) is 0.888. The Balaban J connectivity index is 1.63. The van der Waals surface area contributed by atoms with E-state index in [1.54, 1.807) is 0 Å². The Hall–Kier alpha value is -0.160. The van der Waals surface area contributed by atoms with E-state index in [0.29, 0.717) is 41.6 Å². The Morgan fingerprint density at radius 1 is 0.893 bits per heavy atom. The summed E-state index contributed by atoms with van der Waals surface area (Å²) in [7, 11) is 0. The predicted molar refractivity (Wildman–Crippen MR) is 119 cm³/mol. The summed E-state index contributed by atoms with van der Waals surface area (Å²) in [5.74, 6) is 0. The lowest BCUT2D eigenvalue weighted by Gasteiger charge is -2.53. The molecule has 3 fully saturated rings. The molecule has 1 aliphatic carbocycles. The van der Waals surface area contributed by atoms with Crippen LogP contribution in [0, 0.1) is 10.8 Å². The van der Waals surface area contributed by atoms with E-state index >= 15 is 0 Å². The molecule has 2 heterocycles. The molecule has 1 atom stereocenters. The summed E-state index contributed by atoms with van der Waals surface area (Å²) >= 11 is 0. The zero-order valence-corrected chi connectivity index (χ0v) is 19.6. The summed E-state index contributed by atoms with van der Waals surface area (Å²) in [6, 6.07) is 2.63. The molecule has 0 bridgehead atoms. The molecule has 4 heteroatoms. The van der Waals surface area contributed by atoms with Gasteiger partial charge in [-0.25, -0.2) is 0 Å². The van der Waals surface area contributed by atoms with Gasteiger partial charge in [-0.05, 0) is 76.3 Å². The van der Waals surface area contributed by atoms with Crippen LogP contribution in [0.25, 0.3) is 0 Å². The van der Waals surface area contributed by atoms with Gasteiger partial charge in [0.05, 0.1) is 0 Å². The predicted octanol–water partition coefficient (Wildman–Crippen LogP) is 3.83. The third-order valence-corrected chi connectivity index (χ3v) is 7.77. The van der Waals surface area contributed by atoms with Crippen LogP contribution in [0.1, 0.15) is 80.1 Å². The maximum absolute atomic E-state index is 9.76. The van der Waals surface area contributed by atoms with E-state index in [1.165, 1.54) is 58.3 Å². The lowest BCUT2D eigenvalue weighted by molar-refractivity contribution is -0.0416. The highest BCUT2D eigenvalue weighted by atomic mass is 16.3. The molecule has 0 radical (unpaired) electrons. The third kappa shape index (κ3) is 5.50. The van der Waals surface area contributed by atoms with E-state index in [4.69, 9.17) is 0 Å². The normalized spacial score (nSPS) is 31.5. The number of piperidine rings is 1. The molecule has 28 heavy (non-hydrogen) atoms. The molecular formula is C24H47N3O. The molecule has 0 aromatic carbocycles. The van der Waals surface area contributed by atoms with Gasteiger partial charge >= 0.3 is 0 Å². The maximum Gasteiger partial charge on any atom is 0.0446 e. The zero-order chi connectivity index (χ0) is 20.5. The maximum atomic E-state index is 9.76. The summed E-state index contributed by atoms with van der Waals surface area (Å²) in [5, 5.41) is 9.76. The second kappa shape index (κ2) is 8.91. The Morgan fingerprint density at radius 3 is 2.04 bits per heavy atom. The molecule has 0 spiro atoms. The largest absolute Gasteiger partial charge is 0.396 e. The first kappa shape index (κ1) is 22.5. The van der Waals surface area contributed by atoms with Crippen LogP contribution in [0.4, 0.5) is 0 Å². The van der Waals surface area contributed by atoms with Gasteiger partial charge in [0.15, 0.2) is 0 Å². The van der Waals surface area contributed by atoms with E-state index in [0.717, 1.165) is 13.0 Å². The van der Waals surface area contributed by atoms with Crippen molar-refractivity contribution in [1.29, 1.82) is 0 Å². The van der Waals surface area contributed by atoms with Crippen molar-refractivity contribution in [2.24, 2.45) is 10.8 Å². The van der Waals surface area contributed by atoms with Gasteiger partial charge in [-0.15, -0.1) is 0 Å². The molecule has 164 valence electrons. The van der Waals surface area contributed by atoms with Crippen LogP contribution in [-0.2, 0) is 0 Å². The standard InChI is InChI=1S/C24H47N3O/c1-19(2)25-10-7-20(8-11-25)27-13-12-26(17-21(27)9-14-28)22-15-23(3,4)18-24(5,6)16-22/h19-22,28H,7-18H2,1-6H3/t21-/m0/s1. The summed E-state index contributed by atoms with van der Waals surface area (Å²) in [4.78, 5) is 8.20. The number of piperazine rings is 1. The molecule has 4 nitrogen and oxygen atoms in total. The Kier molecular flexibility index (Phi) is 7.17. The van der Waals surface area contributed by atoms with Gasteiger partial charge in [0, 0.05) is 50.4 Å². The van der Waals surface area contributed by atoms with Gasteiger partial charge in [-0.3, -0.25) is 9.80 Å². The highest BCUT2D eigenvalue weighted by Crippen LogP contribution is 2.47. The van der Waals surface area contributed by atoms with E-state index in [9.17, 15) is 5.11 Å². The topological polar surface area (TPSA) is 30.0 Å². The number of nitrogens with zero attached hydrogens (tertiary/aromatic N) is 3. The number of rotatable bonds is 5. The SMILES string of the molecule is CC(C)N1CCC(N2CCN(C3CC(C)(C)CC(C)(C)C3)C[C@@H]2CCO)CC1. The van der Waals surface area contributed by atoms with Crippen molar-refractivity contribution < 1.29 is 5.11 Å². The minimum atomic E-state index is 0.321. The van der Waals surface area contributed by atoms with Crippen molar-refractivity contribution in [2.75, 3.05) is 39.3 Å². The number of aliphatic hydroxyl groups excluding tert-OH is 1. The minimum absolute atomic E-state index is 0.321. The fourth-order valence-corrected chi connectivity index (χ4v) is 6.89. The molecule has 0 aromatic heterocycles. The Labute approximate surface area is 174 Å². The van der Waals surface area contributed by atoms with E-state index in [1.807, 2.05) is 0 Å². The molecule has 0 amide bonds. The van der Waals surface area contributed by atoms with Gasteiger partial charge in [0.2, 0.25) is 0 Å². The van der Waals surface area contributed by atoms with Crippen LogP contribution in [0.15, 0.2) is 0 Å². The van der Waals surface area contributed by atoms with Crippen LogP contribution in [0.3, 0.4) is 0 Å².